The van der Waals surface area contributed by atoms with Crippen LogP contribution in [0.3, 0.4) is 0 Å². The van der Waals surface area contributed by atoms with E-state index in [4.69, 9.17) is 16.9 Å². The van der Waals surface area contributed by atoms with Crippen molar-refractivity contribution in [3.63, 3.8) is 0 Å². The maximum Gasteiger partial charge on any atom is 0.326 e. The number of carboxylic acids is 2. The second kappa shape index (κ2) is 43.7. The number of phenolic OH excluding ortho intramolecular Hbond substituents is 6. The molecule has 0 saturated carbocycles. The van der Waals surface area contributed by atoms with Gasteiger partial charge in [0.15, 0.2) is 5.96 Å². The summed E-state index contributed by atoms with van der Waals surface area (Å²) < 4.78 is 0. The summed E-state index contributed by atoms with van der Waals surface area (Å²) in [6, 6.07) is 25.4. The lowest BCUT2D eigenvalue weighted by Gasteiger charge is -2.28. The Balaban J connectivity index is 1.16. The van der Waals surface area contributed by atoms with Crippen LogP contribution in [0.4, 0.5) is 0 Å². The number of carbonyl (C=O) groups excluding carboxylic acids is 10. The number of nitrogens with one attached hydrogen (secondary N) is 12. The third-order valence-corrected chi connectivity index (χ3v) is 18.1. The Morgan fingerprint density at radius 3 is 0.930 bits per heavy atom. The van der Waals surface area contributed by atoms with Crippen LogP contribution in [-0.4, -0.2) is 191 Å². The standard InChI is InChI=1S/C81H96N14O20/c1-45(2)35-59(82)71(105)89-63(39-49-14-26-55(98)27-15-49)75(109)90-61(37-47-10-22-53(96)23-11-47)72(106)86-44-69(102)87-62(38-48-12-24-54(97)25-13-48)74(108)88-60(9-6-34-85-81(83)84)73(107)91-65(40-50-16-28-56(99)29-17-50)76(110)93-66(41-51-18-30-57(100)31-19-51)77(111)92-64(36-46-7-4-3-5-8-46)78(112)94-67(43-70(103)104)79(113)95-68(80(114)115)42-52-20-32-58(101)33-21-52/h3-5,7-8,10-33,45,59-68,96-101H,6,9,34-44,82H2,1-2H3,(H,86,106)(H,87,102)(H,88,108)(H,89,105)(H,90,109)(H,91,107)(H,92,111)(H,93,110)(H,94,112)(H,95,113)(H,103,104)(H,114,115)(H4,83,84,85)/t59-,60-,61-,62-,63-,64-,65-,66-,67-,68-/m0/s1. The van der Waals surface area contributed by atoms with E-state index in [9.17, 15) is 84.0 Å². The average molecular weight is 1590 g/mol. The summed E-state index contributed by atoms with van der Waals surface area (Å²) in [5.74, 6) is -14.5. The highest BCUT2D eigenvalue weighted by molar-refractivity contribution is 5.99. The summed E-state index contributed by atoms with van der Waals surface area (Å²) in [6.45, 7) is 2.81. The van der Waals surface area contributed by atoms with Crippen LogP contribution in [0, 0.1) is 11.3 Å². The minimum atomic E-state index is -1.96. The van der Waals surface area contributed by atoms with E-state index in [1.165, 1.54) is 146 Å². The number of amides is 10. The van der Waals surface area contributed by atoms with Crippen molar-refractivity contribution >= 4 is 77.0 Å². The summed E-state index contributed by atoms with van der Waals surface area (Å²) in [6.07, 6.45) is -3.25. The van der Waals surface area contributed by atoms with Crippen LogP contribution in [0.5, 0.6) is 34.5 Å². The molecule has 0 spiro atoms. The lowest BCUT2D eigenvalue weighted by Crippen LogP contribution is -2.61. The average Bonchev–Trinajstić information content (AvgIpc) is 0.953. The molecule has 10 amide bonds. The molecule has 115 heavy (non-hydrogen) atoms. The van der Waals surface area contributed by atoms with Crippen LogP contribution in [-0.2, 0) is 102 Å². The first-order chi connectivity index (χ1) is 54.7. The number of carbonyl (C=O) groups is 12. The molecule has 0 saturated heterocycles. The highest BCUT2D eigenvalue weighted by Crippen LogP contribution is 2.20. The van der Waals surface area contributed by atoms with Gasteiger partial charge >= 0.3 is 11.9 Å². The fourth-order valence-electron chi connectivity index (χ4n) is 12.0. The third-order valence-electron chi connectivity index (χ3n) is 18.1. The molecular formula is C81H96N14O20. The van der Waals surface area contributed by atoms with Gasteiger partial charge in [0.05, 0.1) is 19.0 Å². The zero-order chi connectivity index (χ0) is 83.8. The van der Waals surface area contributed by atoms with E-state index in [1.807, 2.05) is 13.8 Å². The van der Waals surface area contributed by atoms with Gasteiger partial charge < -0.3 is 111 Å². The van der Waals surface area contributed by atoms with Gasteiger partial charge in [-0.3, -0.25) is 58.1 Å². The molecule has 0 radical (unpaired) electrons. The fraction of sp³-hybridized carbons (Fsp3) is 0.321. The molecule has 7 aromatic carbocycles. The van der Waals surface area contributed by atoms with Crippen molar-refractivity contribution < 1.29 is 98.4 Å². The Hall–Kier alpha value is -13.8. The molecule has 0 bridgehead atoms. The second-order valence-electron chi connectivity index (χ2n) is 27.9. The van der Waals surface area contributed by atoms with Gasteiger partial charge in [-0.25, -0.2) is 4.79 Å². The number of aliphatic carboxylic acids is 2. The molecule has 610 valence electrons. The minimum Gasteiger partial charge on any atom is -0.508 e. The fourth-order valence-corrected chi connectivity index (χ4v) is 12.0. The number of rotatable bonds is 43. The van der Waals surface area contributed by atoms with Crippen molar-refractivity contribution in [3.8, 4) is 34.5 Å². The topological polar surface area (TPSA) is 575 Å². The lowest BCUT2D eigenvalue weighted by molar-refractivity contribution is -0.143. The quantitative estimate of drug-likeness (QED) is 0.0141. The van der Waals surface area contributed by atoms with Gasteiger partial charge in [-0.2, -0.15) is 0 Å². The van der Waals surface area contributed by atoms with Crippen molar-refractivity contribution in [3.05, 3.63) is 215 Å². The maximum absolute atomic E-state index is 15.2. The van der Waals surface area contributed by atoms with Gasteiger partial charge in [0.2, 0.25) is 59.1 Å². The molecule has 0 aliphatic heterocycles. The van der Waals surface area contributed by atoms with Crippen molar-refractivity contribution in [2.75, 3.05) is 13.1 Å². The summed E-state index contributed by atoms with van der Waals surface area (Å²) in [4.78, 5) is 170. The molecule has 0 heterocycles. The number of benzene rings is 7. The maximum atomic E-state index is 15.2. The number of hydrogen-bond acceptors (Lipinski definition) is 20. The van der Waals surface area contributed by atoms with Gasteiger partial charge in [0, 0.05) is 51.5 Å². The zero-order valence-electron chi connectivity index (χ0n) is 62.9. The highest BCUT2D eigenvalue weighted by Gasteiger charge is 2.37. The number of phenols is 6. The molecular weight excluding hydrogens is 1490 g/mol. The van der Waals surface area contributed by atoms with E-state index in [1.54, 1.807) is 30.3 Å². The van der Waals surface area contributed by atoms with Gasteiger partial charge in [0.25, 0.3) is 0 Å². The van der Waals surface area contributed by atoms with Gasteiger partial charge in [-0.05, 0) is 137 Å². The Morgan fingerprint density at radius 2 is 0.609 bits per heavy atom. The molecule has 34 heteroatoms. The lowest BCUT2D eigenvalue weighted by atomic mass is 10.00. The van der Waals surface area contributed by atoms with Crippen LogP contribution in [0.25, 0.3) is 0 Å². The monoisotopic (exact) mass is 1580 g/mol. The number of nitrogens with two attached hydrogens (primary N) is 2. The first-order valence-corrected chi connectivity index (χ1v) is 36.7. The van der Waals surface area contributed by atoms with Crippen LogP contribution >= 0.6 is 0 Å². The molecule has 10 atom stereocenters. The Kier molecular flexibility index (Phi) is 33.6. The molecule has 0 unspecified atom stereocenters. The smallest absolute Gasteiger partial charge is 0.326 e. The van der Waals surface area contributed by atoms with E-state index >= 15 is 14.4 Å². The Labute approximate surface area is 661 Å². The van der Waals surface area contributed by atoms with Crippen molar-refractivity contribution in [1.29, 1.82) is 5.41 Å². The number of carboxylic acid groups (broad SMARTS) is 2. The van der Waals surface area contributed by atoms with Gasteiger partial charge in [-0.15, -0.1) is 0 Å². The van der Waals surface area contributed by atoms with E-state index in [2.05, 4.69) is 58.5 Å². The first kappa shape index (κ1) is 88.4. The summed E-state index contributed by atoms with van der Waals surface area (Å²) in [5.41, 5.74) is 14.5. The molecule has 34 nitrogen and oxygen atoms in total. The number of hydrogen-bond donors (Lipinski definition) is 22. The van der Waals surface area contributed by atoms with Crippen molar-refractivity contribution in [2.24, 2.45) is 17.4 Å². The number of guanidine groups is 1. The third kappa shape index (κ3) is 30.4. The normalized spacial score (nSPS) is 13.6. The van der Waals surface area contributed by atoms with Gasteiger partial charge in [0.1, 0.15) is 88.9 Å². The molecule has 7 aromatic rings. The number of aromatic hydroxyl groups is 6. The van der Waals surface area contributed by atoms with Crippen LogP contribution in [0.1, 0.15) is 78.5 Å². The molecule has 0 aromatic heterocycles. The van der Waals surface area contributed by atoms with E-state index in [-0.39, 0.29) is 98.3 Å². The zero-order valence-corrected chi connectivity index (χ0v) is 62.9. The van der Waals surface area contributed by atoms with E-state index in [0.717, 1.165) is 0 Å². The van der Waals surface area contributed by atoms with Crippen LogP contribution < -0.4 is 70.0 Å². The highest BCUT2D eigenvalue weighted by atomic mass is 16.4. The predicted molar refractivity (Wildman–Crippen MR) is 418 cm³/mol. The minimum absolute atomic E-state index is 0.00129. The second-order valence-corrected chi connectivity index (χ2v) is 27.9. The van der Waals surface area contributed by atoms with Crippen LogP contribution in [0.2, 0.25) is 0 Å². The summed E-state index contributed by atoms with van der Waals surface area (Å²) >= 11 is 0. The summed E-state index contributed by atoms with van der Waals surface area (Å²) in [5, 5.41) is 117. The van der Waals surface area contributed by atoms with Crippen molar-refractivity contribution in [1.82, 2.24) is 58.5 Å². The summed E-state index contributed by atoms with van der Waals surface area (Å²) in [7, 11) is 0. The van der Waals surface area contributed by atoms with E-state index < -0.39 is 163 Å². The van der Waals surface area contributed by atoms with Crippen LogP contribution in [0.15, 0.2) is 176 Å². The van der Waals surface area contributed by atoms with Crippen molar-refractivity contribution in [2.45, 2.75) is 145 Å². The Morgan fingerprint density at radius 1 is 0.339 bits per heavy atom. The predicted octanol–water partition coefficient (Wildman–Crippen LogP) is 0.594. The van der Waals surface area contributed by atoms with Gasteiger partial charge in [-0.1, -0.05) is 117 Å². The molecule has 0 aliphatic carbocycles. The Bertz CT molecular complexity index is 4480. The van der Waals surface area contributed by atoms with E-state index in [0.29, 0.717) is 38.9 Å². The molecule has 7 rings (SSSR count). The first-order valence-electron chi connectivity index (χ1n) is 36.7. The SMILES string of the molecule is CC(C)C[C@H](N)C(=O)N[C@@H](Cc1ccc(O)cc1)C(=O)N[C@@H](Cc1ccc(O)cc1)C(=O)NCC(=O)N[C@@H](Cc1ccc(O)cc1)C(=O)N[C@@H](CCCNC(=N)N)C(=O)N[C@@H](Cc1ccc(O)cc1)C(=O)N[C@@H](Cc1ccc(O)cc1)C(=O)N[C@@H](Cc1ccccc1)C(=O)N[C@@H](CC(=O)O)C(=O)N[C@@H](Cc1ccc(O)cc1)C(=O)O. The molecule has 24 N–H and O–H groups in total. The molecule has 0 fully saturated rings. The largest absolute Gasteiger partial charge is 0.508 e. The molecule has 0 aliphatic rings.